The first-order valence-corrected chi connectivity index (χ1v) is 15.2. The van der Waals surface area contributed by atoms with Crippen molar-refractivity contribution in [3.63, 3.8) is 0 Å². The molecule has 0 radical (unpaired) electrons. The van der Waals surface area contributed by atoms with Crippen molar-refractivity contribution in [3.05, 3.63) is 88.0 Å². The molecule has 0 aromatic heterocycles. The third-order valence-corrected chi connectivity index (χ3v) is 9.20. The van der Waals surface area contributed by atoms with Gasteiger partial charge in [-0.05, 0) is 36.6 Å². The molecule has 1 unspecified atom stereocenters. The second-order valence-corrected chi connectivity index (χ2v) is 11.7. The zero-order valence-corrected chi connectivity index (χ0v) is 26.4. The van der Waals surface area contributed by atoms with Crippen LogP contribution in [0, 0.1) is 13.8 Å². The van der Waals surface area contributed by atoms with E-state index >= 15 is 0 Å². The Bertz CT molecular complexity index is 1720. The van der Waals surface area contributed by atoms with Crippen LogP contribution >= 0.6 is 0 Å². The van der Waals surface area contributed by atoms with Gasteiger partial charge in [-0.25, -0.2) is 4.79 Å². The van der Waals surface area contributed by atoms with Crippen LogP contribution in [0.4, 0.5) is 4.79 Å². The lowest BCUT2D eigenvalue weighted by Gasteiger charge is -2.52. The number of methoxy groups -OCH3 is 3. The molecule has 11 heteroatoms. The van der Waals surface area contributed by atoms with E-state index in [0.29, 0.717) is 35.4 Å². The molecule has 1 saturated heterocycles. The van der Waals surface area contributed by atoms with Gasteiger partial charge in [0.2, 0.25) is 12.7 Å². The van der Waals surface area contributed by atoms with Crippen LogP contribution in [0.1, 0.15) is 45.5 Å². The Morgan fingerprint density at radius 3 is 2.50 bits per heavy atom. The standard InChI is InChI=1S/C35H36N2O9/c1-19-13-22-14-26-34(38)36-24(23-15-27(20(2)31-32(23)46-18-45-31)43-16-21-9-7-6-8-10-21)11-12-25(36)29(37(26)35(39)42-5)28(22)33(30(19)41-4)44-17-40-3/h6-13,15,24-26,29H,14,16-18H2,1-5H3/t24-,25?,26-,29-/m0/s1. The van der Waals surface area contributed by atoms with Gasteiger partial charge in [-0.15, -0.1) is 0 Å². The van der Waals surface area contributed by atoms with Crippen molar-refractivity contribution in [2.24, 2.45) is 0 Å². The highest BCUT2D eigenvalue weighted by Crippen LogP contribution is 2.55. The summed E-state index contributed by atoms with van der Waals surface area (Å²) in [5, 5.41) is 0. The molecule has 0 spiro atoms. The lowest BCUT2D eigenvalue weighted by atomic mass is 9.79. The molecule has 3 aromatic carbocycles. The Morgan fingerprint density at radius 2 is 1.76 bits per heavy atom. The van der Waals surface area contributed by atoms with E-state index in [1.54, 1.807) is 19.1 Å². The van der Waals surface area contributed by atoms with Crippen LogP contribution in [-0.2, 0) is 27.3 Å². The Balaban J connectivity index is 1.33. The smallest absolute Gasteiger partial charge is 0.410 e. The maximum atomic E-state index is 14.5. The maximum Gasteiger partial charge on any atom is 0.410 e. The van der Waals surface area contributed by atoms with Gasteiger partial charge in [0.05, 0.1) is 32.3 Å². The largest absolute Gasteiger partial charge is 0.493 e. The highest BCUT2D eigenvalue weighted by molar-refractivity contribution is 5.91. The fourth-order valence-corrected chi connectivity index (χ4v) is 7.25. The molecule has 0 saturated carbocycles. The number of hydrogen-bond donors (Lipinski definition) is 0. The maximum absolute atomic E-state index is 14.5. The minimum absolute atomic E-state index is 0.0228. The number of aryl methyl sites for hydroxylation is 1. The Kier molecular flexibility index (Phi) is 7.64. The van der Waals surface area contributed by atoms with Crippen molar-refractivity contribution in [3.8, 4) is 28.7 Å². The van der Waals surface area contributed by atoms with Crippen LogP contribution in [0.2, 0.25) is 0 Å². The van der Waals surface area contributed by atoms with Crippen LogP contribution in [0.15, 0.2) is 54.6 Å². The predicted molar refractivity (Wildman–Crippen MR) is 165 cm³/mol. The topological polar surface area (TPSA) is 105 Å². The van der Waals surface area contributed by atoms with Gasteiger partial charge < -0.3 is 38.1 Å². The number of amides is 2. The van der Waals surface area contributed by atoms with Crippen LogP contribution in [-0.4, -0.2) is 68.8 Å². The lowest BCUT2D eigenvalue weighted by Crippen LogP contribution is -2.65. The van der Waals surface area contributed by atoms with Gasteiger partial charge >= 0.3 is 6.09 Å². The minimum Gasteiger partial charge on any atom is -0.493 e. The summed E-state index contributed by atoms with van der Waals surface area (Å²) in [5.74, 6) is 2.64. The van der Waals surface area contributed by atoms with E-state index in [0.717, 1.165) is 33.4 Å². The van der Waals surface area contributed by atoms with Crippen molar-refractivity contribution >= 4 is 12.0 Å². The van der Waals surface area contributed by atoms with Crippen LogP contribution in [0.25, 0.3) is 0 Å². The summed E-state index contributed by atoms with van der Waals surface area (Å²) in [7, 11) is 4.45. The molecule has 2 bridgehead atoms. The zero-order chi connectivity index (χ0) is 32.1. The van der Waals surface area contributed by atoms with E-state index in [-0.39, 0.29) is 25.9 Å². The normalized spacial score (nSPS) is 22.0. The molecule has 2 amide bonds. The Morgan fingerprint density at radius 1 is 0.978 bits per heavy atom. The summed E-state index contributed by atoms with van der Waals surface area (Å²) in [6.07, 6.45) is 3.63. The fraction of sp³-hybridized carbons (Fsp3) is 0.371. The first kappa shape index (κ1) is 29.8. The highest BCUT2D eigenvalue weighted by atomic mass is 16.7. The molecule has 4 aliphatic heterocycles. The summed E-state index contributed by atoms with van der Waals surface area (Å²) < 4.78 is 40.7. The molecule has 0 N–H and O–H groups in total. The molecular weight excluding hydrogens is 592 g/mol. The van der Waals surface area contributed by atoms with Crippen molar-refractivity contribution < 1.29 is 42.7 Å². The first-order chi connectivity index (χ1) is 22.4. The molecule has 11 nitrogen and oxygen atoms in total. The third kappa shape index (κ3) is 4.60. The summed E-state index contributed by atoms with van der Waals surface area (Å²) in [4.78, 5) is 31.3. The number of carbonyl (C=O) groups excluding carboxylic acids is 2. The predicted octanol–water partition coefficient (Wildman–Crippen LogP) is 5.16. The van der Waals surface area contributed by atoms with E-state index in [9.17, 15) is 9.59 Å². The van der Waals surface area contributed by atoms with Gasteiger partial charge in [-0.3, -0.25) is 9.69 Å². The van der Waals surface area contributed by atoms with Crippen molar-refractivity contribution in [1.29, 1.82) is 0 Å². The van der Waals surface area contributed by atoms with Gasteiger partial charge in [-0.2, -0.15) is 0 Å². The second kappa shape index (κ2) is 11.8. The monoisotopic (exact) mass is 628 g/mol. The molecule has 7 rings (SSSR count). The van der Waals surface area contributed by atoms with Gasteiger partial charge in [-0.1, -0.05) is 48.6 Å². The van der Waals surface area contributed by atoms with Gasteiger partial charge in [0, 0.05) is 30.2 Å². The van der Waals surface area contributed by atoms with Crippen LogP contribution < -0.4 is 23.7 Å². The fourth-order valence-electron chi connectivity index (χ4n) is 7.25. The van der Waals surface area contributed by atoms with Crippen molar-refractivity contribution in [2.75, 3.05) is 34.9 Å². The molecule has 4 heterocycles. The number of nitrogens with zero attached hydrogens (tertiary/aromatic N) is 2. The highest BCUT2D eigenvalue weighted by Gasteiger charge is 2.57. The van der Waals surface area contributed by atoms with E-state index < -0.39 is 30.3 Å². The van der Waals surface area contributed by atoms with E-state index in [4.69, 9.17) is 33.2 Å². The zero-order valence-electron chi connectivity index (χ0n) is 26.4. The van der Waals surface area contributed by atoms with Crippen molar-refractivity contribution in [2.45, 2.75) is 51.0 Å². The number of piperazine rings is 1. The molecule has 0 aliphatic carbocycles. The SMILES string of the molecule is COCOc1c(OC)c(C)cc2c1[C@@H]1C3C=C[C@@H](c4cc(OCc5ccccc5)c(C)c5c4OCO5)N3C(=O)[C@H](C2)N1C(=O)OC. The molecular formula is C35H36N2O9. The lowest BCUT2D eigenvalue weighted by molar-refractivity contribution is -0.149. The molecule has 4 aliphatic rings. The van der Waals surface area contributed by atoms with Gasteiger partial charge in [0.15, 0.2) is 29.8 Å². The van der Waals surface area contributed by atoms with Crippen molar-refractivity contribution in [1.82, 2.24) is 9.80 Å². The number of rotatable bonds is 8. The number of carbonyl (C=O) groups is 2. The Labute approximate surface area is 267 Å². The van der Waals surface area contributed by atoms with Crippen LogP contribution in [0.5, 0.6) is 28.7 Å². The van der Waals surface area contributed by atoms with Gasteiger partial charge in [0.1, 0.15) is 18.4 Å². The number of hydrogen-bond acceptors (Lipinski definition) is 9. The molecule has 4 atom stereocenters. The average molecular weight is 629 g/mol. The number of ether oxygens (including phenoxy) is 7. The van der Waals surface area contributed by atoms with E-state index in [1.807, 2.05) is 73.4 Å². The molecule has 1 fully saturated rings. The number of benzene rings is 3. The number of fused-ring (bicyclic) bond motifs is 7. The summed E-state index contributed by atoms with van der Waals surface area (Å²) in [6.45, 7) is 4.27. The minimum atomic E-state index is -0.795. The summed E-state index contributed by atoms with van der Waals surface area (Å²) in [5.41, 5.74) is 5.12. The molecule has 46 heavy (non-hydrogen) atoms. The van der Waals surface area contributed by atoms with Crippen LogP contribution in [0.3, 0.4) is 0 Å². The van der Waals surface area contributed by atoms with E-state index in [1.165, 1.54) is 7.11 Å². The molecule has 3 aromatic rings. The first-order valence-electron chi connectivity index (χ1n) is 15.2. The van der Waals surface area contributed by atoms with Gasteiger partial charge in [0.25, 0.3) is 0 Å². The third-order valence-electron chi connectivity index (χ3n) is 9.20. The molecule has 240 valence electrons. The quantitative estimate of drug-likeness (QED) is 0.247. The summed E-state index contributed by atoms with van der Waals surface area (Å²) in [6, 6.07) is 11.4. The Hall–Kier alpha value is -4.90. The second-order valence-electron chi connectivity index (χ2n) is 11.7. The van der Waals surface area contributed by atoms with E-state index in [2.05, 4.69) is 0 Å². The summed E-state index contributed by atoms with van der Waals surface area (Å²) >= 11 is 0. The average Bonchev–Trinajstić information content (AvgIpc) is 3.74.